The molecule has 0 saturated carbocycles. The summed E-state index contributed by atoms with van der Waals surface area (Å²) in [6.45, 7) is 0. The molecule has 1 rings (SSSR count). The Bertz CT molecular complexity index is 434. The Morgan fingerprint density at radius 2 is 2.29 bits per heavy atom. The second-order valence-corrected chi connectivity index (χ2v) is 5.01. The molecule has 1 aromatic heterocycles. The maximum Gasteiger partial charge on any atom is 0.318 e. The number of hydrogen-bond donors (Lipinski definition) is 1. The number of aliphatic carboxylic acids is 1. The van der Waals surface area contributed by atoms with E-state index in [4.69, 9.17) is 5.11 Å². The molecule has 1 aromatic rings. The van der Waals surface area contributed by atoms with Crippen LogP contribution in [0.2, 0.25) is 0 Å². The normalized spacial score (nSPS) is 11.5. The zero-order valence-corrected chi connectivity index (χ0v) is 8.36. The number of sulfone groups is 1. The molecule has 14 heavy (non-hydrogen) atoms. The molecule has 78 valence electrons. The fraction of sp³-hybridized carbons (Fsp3) is 0.429. The Morgan fingerprint density at radius 1 is 1.64 bits per heavy atom. The fourth-order valence-electron chi connectivity index (χ4n) is 1.04. The molecule has 0 amide bonds. The Balaban J connectivity index is 2.73. The fourth-order valence-corrected chi connectivity index (χ4v) is 2.17. The van der Waals surface area contributed by atoms with Gasteiger partial charge in [-0.2, -0.15) is 5.10 Å². The lowest BCUT2D eigenvalue weighted by molar-refractivity contribution is -0.134. The molecule has 1 heterocycles. The molecule has 0 atom stereocenters. The van der Waals surface area contributed by atoms with E-state index in [1.807, 2.05) is 0 Å². The number of rotatable bonds is 4. The Kier molecular flexibility index (Phi) is 2.90. The number of carbonyl (C=O) groups is 1. The summed E-state index contributed by atoms with van der Waals surface area (Å²) >= 11 is 0. The smallest absolute Gasteiger partial charge is 0.318 e. The van der Waals surface area contributed by atoms with E-state index >= 15 is 0 Å². The Labute approximate surface area is 81.1 Å². The van der Waals surface area contributed by atoms with Crippen LogP contribution in [0.3, 0.4) is 0 Å². The number of carboxylic acid groups (broad SMARTS) is 1. The number of aromatic nitrogens is 2. The summed E-state index contributed by atoms with van der Waals surface area (Å²) in [5, 5.41) is 12.1. The van der Waals surface area contributed by atoms with Crippen LogP contribution in [0.1, 0.15) is 5.56 Å². The molecule has 0 radical (unpaired) electrons. The van der Waals surface area contributed by atoms with Crippen molar-refractivity contribution in [3.8, 4) is 0 Å². The summed E-state index contributed by atoms with van der Waals surface area (Å²) in [7, 11) is -1.91. The van der Waals surface area contributed by atoms with Crippen LogP contribution in [0.5, 0.6) is 0 Å². The van der Waals surface area contributed by atoms with Crippen molar-refractivity contribution in [2.45, 2.75) is 5.75 Å². The molecular weight excluding hydrogens is 208 g/mol. The summed E-state index contributed by atoms with van der Waals surface area (Å²) < 4.78 is 23.9. The van der Waals surface area contributed by atoms with Gasteiger partial charge in [0, 0.05) is 18.8 Å². The molecule has 7 heteroatoms. The number of aryl methyl sites for hydroxylation is 1. The lowest BCUT2D eigenvalue weighted by Gasteiger charge is -1.97. The Hall–Kier alpha value is -1.37. The maximum absolute atomic E-state index is 11.2. The minimum atomic E-state index is -3.57. The van der Waals surface area contributed by atoms with Crippen molar-refractivity contribution < 1.29 is 18.3 Å². The molecular formula is C7H10N2O4S. The van der Waals surface area contributed by atoms with Gasteiger partial charge in [0.15, 0.2) is 9.84 Å². The van der Waals surface area contributed by atoms with Crippen LogP contribution in [0.4, 0.5) is 0 Å². The third-order valence-corrected chi connectivity index (χ3v) is 2.95. The second-order valence-electron chi connectivity index (χ2n) is 2.95. The van der Waals surface area contributed by atoms with Crippen molar-refractivity contribution in [1.82, 2.24) is 9.78 Å². The number of hydrogen-bond acceptors (Lipinski definition) is 4. The first-order chi connectivity index (χ1) is 6.39. The summed E-state index contributed by atoms with van der Waals surface area (Å²) in [5.74, 6) is -2.47. The molecule has 0 saturated heterocycles. The first-order valence-corrected chi connectivity index (χ1v) is 5.61. The standard InChI is InChI=1S/C7H10N2O4S/c1-9-3-6(2-8-9)4-14(12,13)5-7(10)11/h2-3H,4-5H2,1H3,(H,10,11). The first-order valence-electron chi connectivity index (χ1n) is 3.79. The predicted molar refractivity (Wildman–Crippen MR) is 48.3 cm³/mol. The van der Waals surface area contributed by atoms with Gasteiger partial charge in [-0.15, -0.1) is 0 Å². The average molecular weight is 218 g/mol. The van der Waals surface area contributed by atoms with E-state index in [0.29, 0.717) is 5.56 Å². The van der Waals surface area contributed by atoms with Gasteiger partial charge < -0.3 is 5.11 Å². The third-order valence-electron chi connectivity index (χ3n) is 1.49. The molecule has 0 fully saturated rings. The minimum Gasteiger partial charge on any atom is -0.480 e. The summed E-state index contributed by atoms with van der Waals surface area (Å²) in [4.78, 5) is 10.2. The first kappa shape index (κ1) is 10.7. The lowest BCUT2D eigenvalue weighted by Crippen LogP contribution is -2.16. The van der Waals surface area contributed by atoms with Crippen molar-refractivity contribution >= 4 is 15.8 Å². The van der Waals surface area contributed by atoms with E-state index in [-0.39, 0.29) is 5.75 Å². The van der Waals surface area contributed by atoms with Gasteiger partial charge in [0.1, 0.15) is 5.75 Å². The van der Waals surface area contributed by atoms with E-state index in [9.17, 15) is 13.2 Å². The molecule has 1 N–H and O–H groups in total. The topological polar surface area (TPSA) is 89.3 Å². The van der Waals surface area contributed by atoms with Gasteiger partial charge in [0.25, 0.3) is 0 Å². The van der Waals surface area contributed by atoms with Gasteiger partial charge in [-0.25, -0.2) is 8.42 Å². The van der Waals surface area contributed by atoms with E-state index in [2.05, 4.69) is 5.10 Å². The zero-order chi connectivity index (χ0) is 10.8. The zero-order valence-electron chi connectivity index (χ0n) is 7.54. The lowest BCUT2D eigenvalue weighted by atomic mass is 10.4. The van der Waals surface area contributed by atoms with Crippen LogP contribution < -0.4 is 0 Å². The highest BCUT2D eigenvalue weighted by Crippen LogP contribution is 2.04. The highest BCUT2D eigenvalue weighted by Gasteiger charge is 2.17. The van der Waals surface area contributed by atoms with Crippen LogP contribution in [0, 0.1) is 0 Å². The van der Waals surface area contributed by atoms with E-state index in [1.54, 1.807) is 13.2 Å². The molecule has 0 spiro atoms. The molecule has 0 bridgehead atoms. The largest absolute Gasteiger partial charge is 0.480 e. The summed E-state index contributed by atoms with van der Waals surface area (Å²) in [5.41, 5.74) is 0.494. The third kappa shape index (κ3) is 3.17. The Morgan fingerprint density at radius 3 is 2.71 bits per heavy atom. The van der Waals surface area contributed by atoms with Crippen molar-refractivity contribution in [2.24, 2.45) is 7.05 Å². The molecule has 0 aliphatic rings. The monoisotopic (exact) mass is 218 g/mol. The molecule has 0 unspecified atom stereocenters. The van der Waals surface area contributed by atoms with E-state index < -0.39 is 21.6 Å². The highest BCUT2D eigenvalue weighted by molar-refractivity contribution is 7.91. The van der Waals surface area contributed by atoms with Crippen LogP contribution >= 0.6 is 0 Å². The van der Waals surface area contributed by atoms with Crippen molar-refractivity contribution in [3.05, 3.63) is 18.0 Å². The molecule has 0 aliphatic heterocycles. The van der Waals surface area contributed by atoms with Crippen molar-refractivity contribution in [2.75, 3.05) is 5.75 Å². The highest BCUT2D eigenvalue weighted by atomic mass is 32.2. The van der Waals surface area contributed by atoms with Crippen LogP contribution in [0.15, 0.2) is 12.4 Å². The maximum atomic E-state index is 11.2. The van der Waals surface area contributed by atoms with E-state index in [0.717, 1.165) is 0 Å². The van der Waals surface area contributed by atoms with Gasteiger partial charge >= 0.3 is 5.97 Å². The average Bonchev–Trinajstić information content (AvgIpc) is 2.30. The van der Waals surface area contributed by atoms with Crippen LogP contribution in [-0.4, -0.2) is 35.0 Å². The SMILES string of the molecule is Cn1cc(CS(=O)(=O)CC(=O)O)cn1. The van der Waals surface area contributed by atoms with Crippen LogP contribution in [0.25, 0.3) is 0 Å². The van der Waals surface area contributed by atoms with Gasteiger partial charge in [-0.1, -0.05) is 0 Å². The van der Waals surface area contributed by atoms with Gasteiger partial charge in [0.05, 0.1) is 11.9 Å². The van der Waals surface area contributed by atoms with E-state index in [1.165, 1.54) is 10.9 Å². The molecule has 6 nitrogen and oxygen atoms in total. The summed E-state index contributed by atoms with van der Waals surface area (Å²) in [6, 6.07) is 0. The predicted octanol–water partition coefficient (Wildman–Crippen LogP) is -0.581. The molecule has 0 aliphatic carbocycles. The molecule has 0 aromatic carbocycles. The summed E-state index contributed by atoms with van der Waals surface area (Å²) in [6.07, 6.45) is 2.94. The quantitative estimate of drug-likeness (QED) is 0.730. The van der Waals surface area contributed by atoms with Gasteiger partial charge in [0.2, 0.25) is 0 Å². The second kappa shape index (κ2) is 3.79. The van der Waals surface area contributed by atoms with Crippen molar-refractivity contribution in [1.29, 1.82) is 0 Å². The number of nitrogens with zero attached hydrogens (tertiary/aromatic N) is 2. The van der Waals surface area contributed by atoms with Crippen molar-refractivity contribution in [3.63, 3.8) is 0 Å². The minimum absolute atomic E-state index is 0.285. The van der Waals surface area contributed by atoms with Crippen LogP contribution in [-0.2, 0) is 27.4 Å². The van der Waals surface area contributed by atoms with Gasteiger partial charge in [-0.05, 0) is 0 Å². The van der Waals surface area contributed by atoms with Gasteiger partial charge in [-0.3, -0.25) is 9.48 Å². The number of carboxylic acids is 1.